The molecule has 0 radical (unpaired) electrons. The molecule has 0 aliphatic rings. The monoisotopic (exact) mass is 499 g/mol. The van der Waals surface area contributed by atoms with Gasteiger partial charge in [-0.3, -0.25) is 4.79 Å². The van der Waals surface area contributed by atoms with Crippen molar-refractivity contribution in [1.82, 2.24) is 4.72 Å². The molecule has 3 aromatic rings. The summed E-state index contributed by atoms with van der Waals surface area (Å²) in [5.74, 6) is -0.747. The second kappa shape index (κ2) is 11.7. The second-order valence-electron chi connectivity index (χ2n) is 7.98. The molecule has 0 saturated heterocycles. The maximum atomic E-state index is 12.4. The molecule has 0 fully saturated rings. The van der Waals surface area contributed by atoms with Gasteiger partial charge in [0.1, 0.15) is 5.76 Å². The quantitative estimate of drug-likeness (QED) is 0.385. The van der Waals surface area contributed by atoms with Crippen molar-refractivity contribution >= 4 is 33.3 Å². The number of sulfonamides is 1. The Morgan fingerprint density at radius 1 is 1.03 bits per heavy atom. The first-order chi connectivity index (χ1) is 16.7. The molecule has 0 aliphatic heterocycles. The minimum absolute atomic E-state index is 0.00551. The standard InChI is InChI=1S/C25H29N3O6S/c1-4-28(18(2)3)21-11-9-20(10-12-21)27-24(29)17-34-25(30)19-7-13-23(14-8-19)35(31,32)26-16-22-6-5-15-33-22/h5-15,18,26H,4,16-17H2,1-3H3,(H,27,29). The molecule has 3 rings (SSSR count). The lowest BCUT2D eigenvalue weighted by molar-refractivity contribution is -0.119. The molecule has 0 bridgehead atoms. The minimum atomic E-state index is -3.78. The van der Waals surface area contributed by atoms with Gasteiger partial charge in [-0.15, -0.1) is 0 Å². The molecule has 9 nitrogen and oxygen atoms in total. The molecule has 1 aromatic heterocycles. The Labute approximate surface area is 205 Å². The van der Waals surface area contributed by atoms with Crippen LogP contribution >= 0.6 is 0 Å². The fraction of sp³-hybridized carbons (Fsp3) is 0.280. The van der Waals surface area contributed by atoms with Crippen molar-refractivity contribution in [2.75, 3.05) is 23.4 Å². The molecule has 0 atom stereocenters. The molecular formula is C25H29N3O6S. The van der Waals surface area contributed by atoms with E-state index in [4.69, 9.17) is 9.15 Å². The average molecular weight is 500 g/mol. The van der Waals surface area contributed by atoms with Crippen LogP contribution in [0.3, 0.4) is 0 Å². The van der Waals surface area contributed by atoms with Gasteiger partial charge < -0.3 is 19.4 Å². The highest BCUT2D eigenvalue weighted by Gasteiger charge is 2.17. The molecule has 1 amide bonds. The topological polar surface area (TPSA) is 118 Å². The fourth-order valence-electron chi connectivity index (χ4n) is 3.43. The SMILES string of the molecule is CCN(c1ccc(NC(=O)COC(=O)c2ccc(S(=O)(=O)NCc3ccco3)cc2)cc1)C(C)C. The largest absolute Gasteiger partial charge is 0.468 e. The van der Waals surface area contributed by atoms with Gasteiger partial charge in [0.15, 0.2) is 6.61 Å². The second-order valence-corrected chi connectivity index (χ2v) is 9.75. The number of anilines is 2. The normalized spacial score (nSPS) is 11.3. The van der Waals surface area contributed by atoms with Gasteiger partial charge in [0.25, 0.3) is 5.91 Å². The number of hydrogen-bond donors (Lipinski definition) is 2. The van der Waals surface area contributed by atoms with Crippen molar-refractivity contribution in [3.63, 3.8) is 0 Å². The summed E-state index contributed by atoms with van der Waals surface area (Å²) >= 11 is 0. The Morgan fingerprint density at radius 3 is 2.29 bits per heavy atom. The molecule has 0 aliphatic carbocycles. The van der Waals surface area contributed by atoms with Crippen molar-refractivity contribution in [3.8, 4) is 0 Å². The van der Waals surface area contributed by atoms with Crippen molar-refractivity contribution in [1.29, 1.82) is 0 Å². The number of amides is 1. The summed E-state index contributed by atoms with van der Waals surface area (Å²) in [6, 6.07) is 16.3. The Bertz CT molecular complexity index is 1220. The third-order valence-corrected chi connectivity index (χ3v) is 6.62. The highest BCUT2D eigenvalue weighted by molar-refractivity contribution is 7.89. The van der Waals surface area contributed by atoms with Gasteiger partial charge in [0.05, 0.1) is 23.3 Å². The number of nitrogens with zero attached hydrogens (tertiary/aromatic N) is 1. The lowest BCUT2D eigenvalue weighted by atomic mass is 10.2. The van der Waals surface area contributed by atoms with E-state index in [1.54, 1.807) is 24.3 Å². The molecule has 35 heavy (non-hydrogen) atoms. The number of hydrogen-bond acceptors (Lipinski definition) is 7. The summed E-state index contributed by atoms with van der Waals surface area (Å²) in [6.07, 6.45) is 1.45. The predicted molar refractivity (Wildman–Crippen MR) is 133 cm³/mol. The van der Waals surface area contributed by atoms with Gasteiger partial charge in [-0.05, 0) is 81.4 Å². The van der Waals surface area contributed by atoms with E-state index < -0.39 is 28.5 Å². The van der Waals surface area contributed by atoms with Crippen LogP contribution in [0.5, 0.6) is 0 Å². The maximum Gasteiger partial charge on any atom is 0.338 e. The van der Waals surface area contributed by atoms with E-state index in [1.165, 1.54) is 30.5 Å². The summed E-state index contributed by atoms with van der Waals surface area (Å²) in [7, 11) is -3.78. The lowest BCUT2D eigenvalue weighted by Crippen LogP contribution is -2.30. The highest BCUT2D eigenvalue weighted by atomic mass is 32.2. The zero-order valence-corrected chi connectivity index (χ0v) is 20.7. The van der Waals surface area contributed by atoms with Crippen molar-refractivity contribution in [2.45, 2.75) is 38.3 Å². The third kappa shape index (κ3) is 7.17. The van der Waals surface area contributed by atoms with Gasteiger partial charge in [0, 0.05) is 24.0 Å². The number of nitrogens with one attached hydrogen (secondary N) is 2. The number of carbonyl (C=O) groups is 2. The number of esters is 1. The lowest BCUT2D eigenvalue weighted by Gasteiger charge is -2.27. The molecule has 0 unspecified atom stereocenters. The average Bonchev–Trinajstić information content (AvgIpc) is 3.37. The number of carbonyl (C=O) groups excluding carboxylic acids is 2. The molecule has 186 valence electrons. The zero-order chi connectivity index (χ0) is 25.4. The first-order valence-electron chi connectivity index (χ1n) is 11.2. The molecule has 1 heterocycles. The van der Waals surface area contributed by atoms with Gasteiger partial charge >= 0.3 is 5.97 Å². The van der Waals surface area contributed by atoms with Crippen LogP contribution < -0.4 is 14.9 Å². The summed E-state index contributed by atoms with van der Waals surface area (Å²) in [5, 5.41) is 2.69. The van der Waals surface area contributed by atoms with Gasteiger partial charge in [0.2, 0.25) is 10.0 Å². The van der Waals surface area contributed by atoms with Gasteiger partial charge in [-0.1, -0.05) is 0 Å². The Morgan fingerprint density at radius 2 is 1.71 bits per heavy atom. The van der Waals surface area contributed by atoms with E-state index in [9.17, 15) is 18.0 Å². The number of rotatable bonds is 11. The van der Waals surface area contributed by atoms with Crippen LogP contribution in [0.25, 0.3) is 0 Å². The summed E-state index contributed by atoms with van der Waals surface area (Å²) in [6.45, 7) is 6.70. The molecule has 2 aromatic carbocycles. The van der Waals surface area contributed by atoms with E-state index in [2.05, 4.69) is 35.7 Å². The number of benzene rings is 2. The Balaban J connectivity index is 1.50. The van der Waals surface area contributed by atoms with E-state index in [-0.39, 0.29) is 17.0 Å². The fourth-order valence-corrected chi connectivity index (χ4v) is 4.42. The Kier molecular flexibility index (Phi) is 8.67. The zero-order valence-electron chi connectivity index (χ0n) is 19.9. The van der Waals surface area contributed by atoms with Crippen LogP contribution in [0.15, 0.2) is 76.2 Å². The van der Waals surface area contributed by atoms with Crippen LogP contribution in [-0.2, 0) is 26.1 Å². The summed E-state index contributed by atoms with van der Waals surface area (Å²) in [4.78, 5) is 26.7. The summed E-state index contributed by atoms with van der Waals surface area (Å²) in [5.41, 5.74) is 1.76. The van der Waals surface area contributed by atoms with Crippen LogP contribution in [0.2, 0.25) is 0 Å². The first kappa shape index (κ1) is 26.0. The molecule has 0 spiro atoms. The predicted octanol–water partition coefficient (Wildman–Crippen LogP) is 3.79. The summed E-state index contributed by atoms with van der Waals surface area (Å²) < 4.78 is 37.3. The van der Waals surface area contributed by atoms with Crippen LogP contribution in [-0.4, -0.2) is 39.5 Å². The number of furan rings is 1. The van der Waals surface area contributed by atoms with E-state index in [1.807, 2.05) is 12.1 Å². The Hall–Kier alpha value is -3.63. The first-order valence-corrected chi connectivity index (χ1v) is 12.6. The maximum absolute atomic E-state index is 12.4. The number of ether oxygens (including phenoxy) is 1. The van der Waals surface area contributed by atoms with E-state index >= 15 is 0 Å². The smallest absolute Gasteiger partial charge is 0.338 e. The van der Waals surface area contributed by atoms with E-state index in [0.717, 1.165) is 12.2 Å². The highest BCUT2D eigenvalue weighted by Crippen LogP contribution is 2.20. The van der Waals surface area contributed by atoms with Crippen LogP contribution in [0.4, 0.5) is 11.4 Å². The van der Waals surface area contributed by atoms with Gasteiger partial charge in [-0.2, -0.15) is 0 Å². The molecule has 10 heteroatoms. The minimum Gasteiger partial charge on any atom is -0.468 e. The molecular weight excluding hydrogens is 470 g/mol. The van der Waals surface area contributed by atoms with Crippen molar-refractivity contribution in [2.24, 2.45) is 0 Å². The molecule has 0 saturated carbocycles. The van der Waals surface area contributed by atoms with Crippen LogP contribution in [0.1, 0.15) is 36.9 Å². The van der Waals surface area contributed by atoms with Crippen molar-refractivity contribution in [3.05, 3.63) is 78.3 Å². The van der Waals surface area contributed by atoms with Crippen molar-refractivity contribution < 1.29 is 27.2 Å². The van der Waals surface area contributed by atoms with Crippen LogP contribution in [0, 0.1) is 0 Å². The van der Waals surface area contributed by atoms with Gasteiger partial charge in [-0.25, -0.2) is 17.9 Å². The molecule has 2 N–H and O–H groups in total. The van der Waals surface area contributed by atoms with E-state index in [0.29, 0.717) is 17.5 Å². The third-order valence-electron chi connectivity index (χ3n) is 5.20.